The molecule has 1 fully saturated rings. The van der Waals surface area contributed by atoms with E-state index < -0.39 is 17.7 Å². The number of rotatable bonds is 7. The number of aromatic nitrogens is 1. The summed E-state index contributed by atoms with van der Waals surface area (Å²) in [5.41, 5.74) is 2.88. The molecule has 1 amide bonds. The van der Waals surface area contributed by atoms with Gasteiger partial charge in [-0.05, 0) is 31.5 Å². The first-order valence-electron chi connectivity index (χ1n) is 11.6. The van der Waals surface area contributed by atoms with E-state index in [2.05, 4.69) is 9.88 Å². The molecule has 0 spiro atoms. The number of amides is 1. The maximum absolute atomic E-state index is 13.4. The van der Waals surface area contributed by atoms with Gasteiger partial charge in [-0.1, -0.05) is 42.5 Å². The number of ketones is 1. The maximum Gasteiger partial charge on any atom is 0.340 e. The van der Waals surface area contributed by atoms with Gasteiger partial charge < -0.3 is 24.3 Å². The van der Waals surface area contributed by atoms with Crippen LogP contribution in [-0.2, 0) is 9.53 Å². The number of carbonyl (C=O) groups excluding carboxylic acids is 3. The van der Waals surface area contributed by atoms with Crippen molar-refractivity contribution in [2.75, 3.05) is 44.8 Å². The van der Waals surface area contributed by atoms with Crippen LogP contribution in [0.15, 0.2) is 54.6 Å². The second-order valence-corrected chi connectivity index (χ2v) is 8.24. The van der Waals surface area contributed by atoms with Crippen molar-refractivity contribution in [1.82, 2.24) is 9.88 Å². The van der Waals surface area contributed by atoms with Crippen LogP contribution in [0, 0.1) is 6.92 Å². The standard InChI is InChI=1S/C27H29N3O5/c1-4-35-27(33)22-18(2)28-24(23(22)19-10-6-5-7-11-19)25(31)26(32)30-16-14-29(15-17-30)20-12-8-9-13-21(20)34-3/h5-13,28H,4,14-17H2,1-3H3. The summed E-state index contributed by atoms with van der Waals surface area (Å²) in [5.74, 6) is -1.03. The van der Waals surface area contributed by atoms with Crippen LogP contribution in [0.1, 0.15) is 33.5 Å². The topological polar surface area (TPSA) is 91.9 Å². The van der Waals surface area contributed by atoms with Crippen molar-refractivity contribution in [2.24, 2.45) is 0 Å². The lowest BCUT2D eigenvalue weighted by molar-refractivity contribution is -0.126. The van der Waals surface area contributed by atoms with Crippen molar-refractivity contribution >= 4 is 23.3 Å². The Bertz CT molecular complexity index is 1230. The molecule has 3 aromatic rings. The lowest BCUT2D eigenvalue weighted by Crippen LogP contribution is -2.50. The molecule has 2 aromatic carbocycles. The highest BCUT2D eigenvalue weighted by Gasteiger charge is 2.33. The number of esters is 1. The van der Waals surface area contributed by atoms with E-state index in [1.165, 1.54) is 0 Å². The molecule has 8 nitrogen and oxygen atoms in total. The van der Waals surface area contributed by atoms with Crippen LogP contribution in [-0.4, -0.2) is 67.4 Å². The number of H-pyrrole nitrogens is 1. The van der Waals surface area contributed by atoms with Crippen LogP contribution in [0.5, 0.6) is 5.75 Å². The van der Waals surface area contributed by atoms with Gasteiger partial charge in [-0.25, -0.2) is 4.79 Å². The van der Waals surface area contributed by atoms with Gasteiger partial charge in [0.05, 0.1) is 25.0 Å². The van der Waals surface area contributed by atoms with Crippen molar-refractivity contribution in [1.29, 1.82) is 0 Å². The van der Waals surface area contributed by atoms with Gasteiger partial charge in [0.15, 0.2) is 0 Å². The zero-order chi connectivity index (χ0) is 24.9. The highest BCUT2D eigenvalue weighted by Crippen LogP contribution is 2.32. The molecule has 1 aliphatic rings. The van der Waals surface area contributed by atoms with Gasteiger partial charge in [0.1, 0.15) is 11.4 Å². The fraction of sp³-hybridized carbons (Fsp3) is 0.296. The predicted octanol–water partition coefficient (Wildman–Crippen LogP) is 3.71. The highest BCUT2D eigenvalue weighted by atomic mass is 16.5. The Balaban J connectivity index is 1.58. The molecule has 4 rings (SSSR count). The number of aromatic amines is 1. The molecule has 0 unspecified atom stereocenters. The van der Waals surface area contributed by atoms with Crippen molar-refractivity contribution < 1.29 is 23.9 Å². The van der Waals surface area contributed by atoms with Crippen molar-refractivity contribution in [3.8, 4) is 16.9 Å². The molecule has 35 heavy (non-hydrogen) atoms. The van der Waals surface area contributed by atoms with Gasteiger partial charge in [-0.15, -0.1) is 0 Å². The third-order valence-electron chi connectivity index (χ3n) is 6.14. The summed E-state index contributed by atoms with van der Waals surface area (Å²) in [7, 11) is 1.63. The van der Waals surface area contributed by atoms with Crippen molar-refractivity contribution in [3.05, 3.63) is 71.5 Å². The van der Waals surface area contributed by atoms with Crippen LogP contribution in [0.25, 0.3) is 11.1 Å². The third kappa shape index (κ3) is 4.77. The Morgan fingerprint density at radius 3 is 2.26 bits per heavy atom. The fourth-order valence-electron chi connectivity index (χ4n) is 4.44. The number of piperazine rings is 1. The molecule has 2 heterocycles. The first-order valence-corrected chi connectivity index (χ1v) is 11.6. The molecule has 0 bridgehead atoms. The summed E-state index contributed by atoms with van der Waals surface area (Å²) < 4.78 is 10.7. The van der Waals surface area contributed by atoms with E-state index in [0.717, 1.165) is 11.4 Å². The first kappa shape index (κ1) is 24.1. The Morgan fingerprint density at radius 1 is 0.943 bits per heavy atom. The van der Waals surface area contributed by atoms with Gasteiger partial charge in [-0.2, -0.15) is 0 Å². The summed E-state index contributed by atoms with van der Waals surface area (Å²) in [6, 6.07) is 16.8. The minimum atomic E-state index is -0.673. The second kappa shape index (κ2) is 10.5. The lowest BCUT2D eigenvalue weighted by Gasteiger charge is -2.36. The molecular formula is C27H29N3O5. The van der Waals surface area contributed by atoms with Crippen LogP contribution < -0.4 is 9.64 Å². The van der Waals surface area contributed by atoms with E-state index in [4.69, 9.17) is 9.47 Å². The smallest absolute Gasteiger partial charge is 0.340 e. The van der Waals surface area contributed by atoms with Gasteiger partial charge in [0.2, 0.25) is 0 Å². The minimum absolute atomic E-state index is 0.105. The van der Waals surface area contributed by atoms with E-state index in [1.807, 2.05) is 42.5 Å². The number of benzene rings is 2. The average Bonchev–Trinajstić information content (AvgIpc) is 3.25. The first-order chi connectivity index (χ1) is 17.0. The average molecular weight is 476 g/mol. The molecule has 1 aromatic heterocycles. The number of nitrogens with zero attached hydrogens (tertiary/aromatic N) is 2. The molecular weight excluding hydrogens is 446 g/mol. The Kier molecular flexibility index (Phi) is 7.19. The van der Waals surface area contributed by atoms with Crippen LogP contribution in [0.4, 0.5) is 5.69 Å². The summed E-state index contributed by atoms with van der Waals surface area (Å²) in [5, 5.41) is 0. The quantitative estimate of drug-likeness (QED) is 0.318. The molecule has 182 valence electrons. The molecule has 0 atom stereocenters. The highest BCUT2D eigenvalue weighted by molar-refractivity contribution is 6.43. The monoisotopic (exact) mass is 475 g/mol. The van der Waals surface area contributed by atoms with E-state index in [1.54, 1.807) is 38.0 Å². The maximum atomic E-state index is 13.4. The number of hydrogen-bond acceptors (Lipinski definition) is 6. The molecule has 1 aliphatic heterocycles. The molecule has 1 saturated heterocycles. The number of hydrogen-bond donors (Lipinski definition) is 1. The number of nitrogens with one attached hydrogen (secondary N) is 1. The van der Waals surface area contributed by atoms with Gasteiger partial charge in [0, 0.05) is 37.4 Å². The normalized spacial score (nSPS) is 13.5. The third-order valence-corrected chi connectivity index (χ3v) is 6.14. The van der Waals surface area contributed by atoms with Crippen LogP contribution in [0.2, 0.25) is 0 Å². The summed E-state index contributed by atoms with van der Waals surface area (Å²) in [4.78, 5) is 46.1. The SMILES string of the molecule is CCOC(=O)c1c(C)[nH]c(C(=O)C(=O)N2CCN(c3ccccc3OC)CC2)c1-c1ccccc1. The molecule has 0 aliphatic carbocycles. The summed E-state index contributed by atoms with van der Waals surface area (Å²) in [6.45, 7) is 5.57. The lowest BCUT2D eigenvalue weighted by atomic mass is 9.98. The number of aryl methyl sites for hydroxylation is 1. The van der Waals surface area contributed by atoms with Crippen LogP contribution in [0.3, 0.4) is 0 Å². The number of Topliss-reactive ketones (excluding diaryl/α,β-unsaturated/α-hetero) is 1. The summed E-state index contributed by atoms with van der Waals surface area (Å²) >= 11 is 0. The molecule has 1 N–H and O–H groups in total. The van der Waals surface area contributed by atoms with Gasteiger partial charge >= 0.3 is 5.97 Å². The van der Waals surface area contributed by atoms with Gasteiger partial charge in [-0.3, -0.25) is 9.59 Å². The second-order valence-electron chi connectivity index (χ2n) is 8.24. The predicted molar refractivity (Wildman–Crippen MR) is 133 cm³/mol. The van der Waals surface area contributed by atoms with Crippen LogP contribution >= 0.6 is 0 Å². The number of para-hydroxylation sites is 2. The van der Waals surface area contributed by atoms with Crippen molar-refractivity contribution in [2.45, 2.75) is 13.8 Å². The summed E-state index contributed by atoms with van der Waals surface area (Å²) in [6.07, 6.45) is 0. The molecule has 0 radical (unpaired) electrons. The Morgan fingerprint density at radius 2 is 1.60 bits per heavy atom. The van der Waals surface area contributed by atoms with E-state index in [0.29, 0.717) is 43.0 Å². The Labute approximate surface area is 204 Å². The largest absolute Gasteiger partial charge is 0.495 e. The zero-order valence-corrected chi connectivity index (χ0v) is 20.2. The number of ether oxygens (including phenoxy) is 2. The molecule has 8 heteroatoms. The van der Waals surface area contributed by atoms with Gasteiger partial charge in [0.25, 0.3) is 11.7 Å². The van der Waals surface area contributed by atoms with E-state index in [-0.39, 0.29) is 17.9 Å². The zero-order valence-electron chi connectivity index (χ0n) is 20.2. The molecule has 0 saturated carbocycles. The number of methoxy groups -OCH3 is 1. The minimum Gasteiger partial charge on any atom is -0.495 e. The number of anilines is 1. The van der Waals surface area contributed by atoms with E-state index >= 15 is 0 Å². The van der Waals surface area contributed by atoms with E-state index in [9.17, 15) is 14.4 Å². The fourth-order valence-corrected chi connectivity index (χ4v) is 4.44. The number of carbonyl (C=O) groups is 3. The Hall–Kier alpha value is -4.07. The van der Waals surface area contributed by atoms with Crippen molar-refractivity contribution in [3.63, 3.8) is 0 Å².